The van der Waals surface area contributed by atoms with Gasteiger partial charge in [0.15, 0.2) is 5.82 Å². The van der Waals surface area contributed by atoms with Gasteiger partial charge in [-0.05, 0) is 29.5 Å². The number of halogens is 2. The molecule has 0 spiro atoms. The highest BCUT2D eigenvalue weighted by atomic mass is 35.5. The van der Waals surface area contributed by atoms with Crippen LogP contribution in [0.4, 0.5) is 0 Å². The van der Waals surface area contributed by atoms with Crippen molar-refractivity contribution < 1.29 is 0 Å². The van der Waals surface area contributed by atoms with Crippen molar-refractivity contribution in [2.75, 3.05) is 0 Å². The molecule has 0 aliphatic carbocycles. The number of thiophene rings is 1. The number of hydrogen-bond acceptors (Lipinski definition) is 4. The molecule has 0 bridgehead atoms. The minimum Gasteiger partial charge on any atom is -0.223 e. The predicted octanol–water partition coefficient (Wildman–Crippen LogP) is 2.74. The van der Waals surface area contributed by atoms with Gasteiger partial charge >= 0.3 is 0 Å². The first-order chi connectivity index (χ1) is 7.16. The van der Waals surface area contributed by atoms with E-state index in [1.165, 1.54) is 11.3 Å². The number of aromatic nitrogens is 4. The first kappa shape index (κ1) is 10.9. The zero-order valence-electron chi connectivity index (χ0n) is 7.89. The molecule has 1 unspecified atom stereocenters. The lowest BCUT2D eigenvalue weighted by atomic mass is 10.4. The van der Waals surface area contributed by atoms with Crippen molar-refractivity contribution in [3.63, 3.8) is 0 Å². The lowest BCUT2D eigenvalue weighted by Crippen LogP contribution is -2.06. The summed E-state index contributed by atoms with van der Waals surface area (Å²) in [6.45, 7) is 2.45. The average molecular weight is 263 g/mol. The largest absolute Gasteiger partial charge is 0.223 e. The van der Waals surface area contributed by atoms with Crippen LogP contribution in [0.5, 0.6) is 0 Å². The van der Waals surface area contributed by atoms with Crippen LogP contribution in [0.1, 0.15) is 23.0 Å². The van der Waals surface area contributed by atoms with E-state index in [9.17, 15) is 0 Å². The van der Waals surface area contributed by atoms with Gasteiger partial charge in [0.2, 0.25) is 0 Å². The Morgan fingerprint density at radius 1 is 1.53 bits per heavy atom. The molecule has 0 aromatic carbocycles. The summed E-state index contributed by atoms with van der Waals surface area (Å²) >= 11 is 13.3. The highest BCUT2D eigenvalue weighted by Crippen LogP contribution is 2.23. The number of rotatable bonds is 3. The molecular formula is C8H8Cl2N4S. The summed E-state index contributed by atoms with van der Waals surface area (Å²) in [6, 6.07) is 3.81. The van der Waals surface area contributed by atoms with E-state index in [2.05, 4.69) is 15.5 Å². The first-order valence-electron chi connectivity index (χ1n) is 4.31. The van der Waals surface area contributed by atoms with Crippen molar-refractivity contribution in [1.82, 2.24) is 20.2 Å². The second-order valence-electron chi connectivity index (χ2n) is 3.02. The summed E-state index contributed by atoms with van der Waals surface area (Å²) < 4.78 is 2.44. The third-order valence-corrected chi connectivity index (χ3v) is 3.26. The molecule has 0 radical (unpaired) electrons. The molecule has 2 aromatic rings. The van der Waals surface area contributed by atoms with E-state index in [0.29, 0.717) is 12.4 Å². The molecule has 2 aromatic heterocycles. The van der Waals surface area contributed by atoms with Gasteiger partial charge in [0.1, 0.15) is 0 Å². The summed E-state index contributed by atoms with van der Waals surface area (Å²) in [7, 11) is 0. The second-order valence-corrected chi connectivity index (χ2v) is 5.47. The Bertz CT molecular complexity index is 451. The maximum Gasteiger partial charge on any atom is 0.169 e. The molecule has 0 aliphatic heterocycles. The Morgan fingerprint density at radius 2 is 2.33 bits per heavy atom. The van der Waals surface area contributed by atoms with Gasteiger partial charge in [-0.1, -0.05) is 11.6 Å². The van der Waals surface area contributed by atoms with Gasteiger partial charge in [-0.2, -0.15) is 0 Å². The highest BCUT2D eigenvalue weighted by Gasteiger charge is 2.12. The van der Waals surface area contributed by atoms with Crippen molar-refractivity contribution in [3.05, 3.63) is 27.2 Å². The summed E-state index contributed by atoms with van der Waals surface area (Å²) in [4.78, 5) is 1.10. The van der Waals surface area contributed by atoms with E-state index in [4.69, 9.17) is 23.2 Å². The third-order valence-electron chi connectivity index (χ3n) is 1.85. The van der Waals surface area contributed by atoms with Crippen LogP contribution in [-0.4, -0.2) is 20.2 Å². The Hall–Kier alpha value is -0.650. The zero-order chi connectivity index (χ0) is 10.8. The van der Waals surface area contributed by atoms with Gasteiger partial charge in [-0.3, -0.25) is 0 Å². The summed E-state index contributed by atoms with van der Waals surface area (Å²) in [6.07, 6.45) is 0. The fourth-order valence-electron chi connectivity index (χ4n) is 1.19. The van der Waals surface area contributed by atoms with Crippen molar-refractivity contribution in [2.45, 2.75) is 18.8 Å². The molecule has 0 saturated heterocycles. The average Bonchev–Trinajstić information content (AvgIpc) is 2.75. The quantitative estimate of drug-likeness (QED) is 0.800. The SMILES string of the molecule is CC(Cl)c1nnnn1Cc1ccc(Cl)s1. The third kappa shape index (κ3) is 2.48. The highest BCUT2D eigenvalue weighted by molar-refractivity contribution is 7.16. The van der Waals surface area contributed by atoms with Crippen LogP contribution in [0.15, 0.2) is 12.1 Å². The van der Waals surface area contributed by atoms with E-state index in [-0.39, 0.29) is 5.38 Å². The van der Waals surface area contributed by atoms with E-state index < -0.39 is 0 Å². The summed E-state index contributed by atoms with van der Waals surface area (Å²) in [5.41, 5.74) is 0. The Kier molecular flexibility index (Phi) is 3.23. The van der Waals surface area contributed by atoms with Crippen LogP contribution in [0.25, 0.3) is 0 Å². The van der Waals surface area contributed by atoms with Crippen molar-refractivity contribution in [3.8, 4) is 0 Å². The lowest BCUT2D eigenvalue weighted by molar-refractivity contribution is 0.624. The molecule has 15 heavy (non-hydrogen) atoms. The van der Waals surface area contributed by atoms with Crippen LogP contribution in [-0.2, 0) is 6.54 Å². The Morgan fingerprint density at radius 3 is 2.93 bits per heavy atom. The second kappa shape index (κ2) is 4.47. The van der Waals surface area contributed by atoms with Crippen LogP contribution in [0.2, 0.25) is 4.34 Å². The monoisotopic (exact) mass is 262 g/mol. The van der Waals surface area contributed by atoms with Crippen molar-refractivity contribution in [2.24, 2.45) is 0 Å². The maximum absolute atomic E-state index is 5.94. The maximum atomic E-state index is 5.94. The molecule has 0 saturated carbocycles. The minimum atomic E-state index is -0.199. The molecule has 80 valence electrons. The van der Waals surface area contributed by atoms with Crippen LogP contribution >= 0.6 is 34.5 Å². The van der Waals surface area contributed by atoms with E-state index >= 15 is 0 Å². The smallest absolute Gasteiger partial charge is 0.169 e. The fourth-order valence-corrected chi connectivity index (χ4v) is 2.42. The molecule has 1 atom stereocenters. The minimum absolute atomic E-state index is 0.199. The fraction of sp³-hybridized carbons (Fsp3) is 0.375. The van der Waals surface area contributed by atoms with Gasteiger partial charge < -0.3 is 0 Å². The normalized spacial score (nSPS) is 13.0. The molecular weight excluding hydrogens is 255 g/mol. The van der Waals surface area contributed by atoms with E-state index in [1.54, 1.807) is 4.68 Å². The summed E-state index contributed by atoms with van der Waals surface area (Å²) in [5, 5.41) is 11.1. The van der Waals surface area contributed by atoms with Gasteiger partial charge in [0.05, 0.1) is 16.3 Å². The molecule has 4 nitrogen and oxygen atoms in total. The molecule has 0 aliphatic rings. The van der Waals surface area contributed by atoms with Gasteiger partial charge in [0, 0.05) is 4.88 Å². The number of tetrazole rings is 1. The lowest BCUT2D eigenvalue weighted by Gasteiger charge is -2.03. The van der Waals surface area contributed by atoms with Gasteiger partial charge in [-0.25, -0.2) is 4.68 Å². The van der Waals surface area contributed by atoms with E-state index in [1.807, 2.05) is 19.1 Å². The topological polar surface area (TPSA) is 43.6 Å². The van der Waals surface area contributed by atoms with Crippen LogP contribution in [0, 0.1) is 0 Å². The van der Waals surface area contributed by atoms with Crippen LogP contribution < -0.4 is 0 Å². The molecule has 2 heterocycles. The number of nitrogens with zero attached hydrogens (tertiary/aromatic N) is 4. The number of hydrogen-bond donors (Lipinski definition) is 0. The zero-order valence-corrected chi connectivity index (χ0v) is 10.2. The van der Waals surface area contributed by atoms with E-state index in [0.717, 1.165) is 9.21 Å². The van der Waals surface area contributed by atoms with Crippen LogP contribution in [0.3, 0.4) is 0 Å². The van der Waals surface area contributed by atoms with Crippen molar-refractivity contribution in [1.29, 1.82) is 0 Å². The Balaban J connectivity index is 2.20. The van der Waals surface area contributed by atoms with Gasteiger partial charge in [-0.15, -0.1) is 28.0 Å². The predicted molar refractivity (Wildman–Crippen MR) is 60.5 cm³/mol. The molecule has 2 rings (SSSR count). The molecule has 0 N–H and O–H groups in total. The Labute approximate surface area is 101 Å². The number of alkyl halides is 1. The molecule has 0 amide bonds. The molecule has 7 heteroatoms. The standard InChI is InChI=1S/C8H8Cl2N4S/c1-5(9)8-11-12-13-14(8)4-6-2-3-7(10)15-6/h2-3,5H,4H2,1H3. The van der Waals surface area contributed by atoms with Gasteiger partial charge in [0.25, 0.3) is 0 Å². The molecule has 0 fully saturated rings. The summed E-state index contributed by atoms with van der Waals surface area (Å²) in [5.74, 6) is 0.668. The van der Waals surface area contributed by atoms with Crippen molar-refractivity contribution >= 4 is 34.5 Å². The first-order valence-corrected chi connectivity index (χ1v) is 5.94.